The van der Waals surface area contributed by atoms with Crippen LogP contribution in [0, 0.1) is 0 Å². The molecular formula is C15H12OS. The van der Waals surface area contributed by atoms with Crippen LogP contribution < -0.4 is 4.74 Å². The van der Waals surface area contributed by atoms with E-state index in [9.17, 15) is 0 Å². The number of hydrogen-bond acceptors (Lipinski definition) is 2. The minimum atomic E-state index is 0.623. The van der Waals surface area contributed by atoms with E-state index in [1.807, 2.05) is 30.3 Å². The Kier molecular flexibility index (Phi) is 2.80. The van der Waals surface area contributed by atoms with E-state index >= 15 is 0 Å². The highest BCUT2D eigenvalue weighted by atomic mass is 32.1. The smallest absolute Gasteiger partial charge is 0.119 e. The Labute approximate surface area is 104 Å². The summed E-state index contributed by atoms with van der Waals surface area (Å²) < 4.78 is 7.04. The summed E-state index contributed by atoms with van der Waals surface area (Å²) in [5, 5.41) is 3.42. The number of benzene rings is 2. The molecule has 0 aliphatic carbocycles. The van der Waals surface area contributed by atoms with E-state index in [0.717, 1.165) is 5.75 Å². The third-order valence-electron chi connectivity index (χ3n) is 2.67. The molecule has 2 heteroatoms. The van der Waals surface area contributed by atoms with Crippen LogP contribution in [-0.4, -0.2) is 0 Å². The van der Waals surface area contributed by atoms with Gasteiger partial charge in [-0.15, -0.1) is 11.3 Å². The Morgan fingerprint density at radius 2 is 1.82 bits per heavy atom. The highest BCUT2D eigenvalue weighted by Gasteiger charge is 1.98. The van der Waals surface area contributed by atoms with Gasteiger partial charge in [-0.25, -0.2) is 0 Å². The molecule has 0 atom stereocenters. The maximum Gasteiger partial charge on any atom is 0.119 e. The van der Waals surface area contributed by atoms with E-state index in [0.29, 0.717) is 6.61 Å². The molecule has 0 saturated heterocycles. The zero-order chi connectivity index (χ0) is 11.5. The first-order chi connectivity index (χ1) is 8.42. The Morgan fingerprint density at radius 1 is 0.941 bits per heavy atom. The van der Waals surface area contributed by atoms with Crippen LogP contribution in [0.5, 0.6) is 5.75 Å². The standard InChI is InChI=1S/C15H12OS/c1-2-4-14(5-3-1)16-11-12-6-7-13-8-9-17-15(13)10-12/h1-10H,11H2. The maximum absolute atomic E-state index is 5.72. The number of para-hydroxylation sites is 1. The van der Waals surface area contributed by atoms with E-state index < -0.39 is 0 Å². The maximum atomic E-state index is 5.72. The van der Waals surface area contributed by atoms with Crippen LogP contribution in [0.1, 0.15) is 5.56 Å². The second-order valence-corrected chi connectivity index (χ2v) is 4.84. The van der Waals surface area contributed by atoms with Crippen LogP contribution in [0.25, 0.3) is 10.1 Å². The van der Waals surface area contributed by atoms with Crippen molar-refractivity contribution in [2.75, 3.05) is 0 Å². The molecule has 3 aromatic rings. The lowest BCUT2D eigenvalue weighted by molar-refractivity contribution is 0.306. The van der Waals surface area contributed by atoms with Gasteiger partial charge in [-0.3, -0.25) is 0 Å². The summed E-state index contributed by atoms with van der Waals surface area (Å²) >= 11 is 1.77. The van der Waals surface area contributed by atoms with Crippen LogP contribution in [0.2, 0.25) is 0 Å². The topological polar surface area (TPSA) is 9.23 Å². The molecule has 1 nitrogen and oxygen atoms in total. The fourth-order valence-corrected chi connectivity index (χ4v) is 2.63. The molecule has 0 amide bonds. The van der Waals surface area contributed by atoms with Gasteiger partial charge in [0.25, 0.3) is 0 Å². The molecule has 1 aromatic heterocycles. The highest BCUT2D eigenvalue weighted by molar-refractivity contribution is 7.17. The summed E-state index contributed by atoms with van der Waals surface area (Å²) in [5.74, 6) is 0.916. The van der Waals surface area contributed by atoms with Crippen molar-refractivity contribution >= 4 is 21.4 Å². The van der Waals surface area contributed by atoms with Gasteiger partial charge in [-0.1, -0.05) is 30.3 Å². The molecule has 0 saturated carbocycles. The van der Waals surface area contributed by atoms with Crippen molar-refractivity contribution in [3.8, 4) is 5.75 Å². The fraction of sp³-hybridized carbons (Fsp3) is 0.0667. The molecule has 0 aliphatic rings. The van der Waals surface area contributed by atoms with Gasteiger partial charge in [0.1, 0.15) is 12.4 Å². The number of hydrogen-bond donors (Lipinski definition) is 0. The molecule has 0 fully saturated rings. The summed E-state index contributed by atoms with van der Waals surface area (Å²) in [5.41, 5.74) is 1.21. The van der Waals surface area contributed by atoms with Crippen molar-refractivity contribution in [1.29, 1.82) is 0 Å². The second-order valence-electron chi connectivity index (χ2n) is 3.89. The lowest BCUT2D eigenvalue weighted by Gasteiger charge is -2.05. The SMILES string of the molecule is c1ccc(OCc2ccc3ccsc3c2)cc1. The average molecular weight is 240 g/mol. The van der Waals surface area contributed by atoms with E-state index in [4.69, 9.17) is 4.74 Å². The molecule has 0 bridgehead atoms. The Bertz CT molecular complexity index is 613. The molecule has 84 valence electrons. The van der Waals surface area contributed by atoms with Crippen LogP contribution in [0.4, 0.5) is 0 Å². The number of fused-ring (bicyclic) bond motifs is 1. The van der Waals surface area contributed by atoms with Gasteiger partial charge in [0, 0.05) is 4.70 Å². The second kappa shape index (κ2) is 4.60. The molecule has 0 spiro atoms. The first kappa shape index (κ1) is 10.4. The summed E-state index contributed by atoms with van der Waals surface area (Å²) in [6.07, 6.45) is 0. The van der Waals surface area contributed by atoms with Crippen molar-refractivity contribution in [3.63, 3.8) is 0 Å². The lowest BCUT2D eigenvalue weighted by Crippen LogP contribution is -1.94. The molecule has 2 aromatic carbocycles. The van der Waals surface area contributed by atoms with Gasteiger partial charge < -0.3 is 4.74 Å². The number of thiophene rings is 1. The molecule has 3 rings (SSSR count). The monoisotopic (exact) mass is 240 g/mol. The van der Waals surface area contributed by atoms with Crippen molar-refractivity contribution in [2.45, 2.75) is 6.61 Å². The van der Waals surface area contributed by atoms with Gasteiger partial charge >= 0.3 is 0 Å². The van der Waals surface area contributed by atoms with E-state index in [-0.39, 0.29) is 0 Å². The van der Waals surface area contributed by atoms with Crippen molar-refractivity contribution in [3.05, 3.63) is 65.5 Å². The average Bonchev–Trinajstić information content (AvgIpc) is 2.85. The molecule has 0 unspecified atom stereocenters. The van der Waals surface area contributed by atoms with E-state index in [2.05, 4.69) is 29.6 Å². The predicted octanol–water partition coefficient (Wildman–Crippen LogP) is 4.48. The largest absolute Gasteiger partial charge is 0.489 e. The van der Waals surface area contributed by atoms with E-state index in [1.165, 1.54) is 15.6 Å². The highest BCUT2D eigenvalue weighted by Crippen LogP contribution is 2.22. The number of ether oxygens (including phenoxy) is 1. The molecule has 0 radical (unpaired) electrons. The summed E-state index contributed by atoms with van der Waals surface area (Å²) in [7, 11) is 0. The normalized spacial score (nSPS) is 10.6. The van der Waals surface area contributed by atoms with E-state index in [1.54, 1.807) is 11.3 Å². The van der Waals surface area contributed by atoms with Crippen LogP contribution in [0.15, 0.2) is 60.0 Å². The first-order valence-corrected chi connectivity index (χ1v) is 6.44. The van der Waals surface area contributed by atoms with Crippen molar-refractivity contribution in [2.24, 2.45) is 0 Å². The molecule has 1 heterocycles. The first-order valence-electron chi connectivity index (χ1n) is 5.56. The zero-order valence-electron chi connectivity index (χ0n) is 9.30. The minimum Gasteiger partial charge on any atom is -0.489 e. The molecular weight excluding hydrogens is 228 g/mol. The minimum absolute atomic E-state index is 0.623. The van der Waals surface area contributed by atoms with Gasteiger partial charge in [-0.05, 0) is 40.6 Å². The Balaban J connectivity index is 1.76. The quantitative estimate of drug-likeness (QED) is 0.656. The summed E-state index contributed by atoms with van der Waals surface area (Å²) in [4.78, 5) is 0. The predicted molar refractivity (Wildman–Crippen MR) is 72.6 cm³/mol. The van der Waals surface area contributed by atoms with Crippen LogP contribution in [0.3, 0.4) is 0 Å². The number of rotatable bonds is 3. The Hall–Kier alpha value is -1.80. The van der Waals surface area contributed by atoms with Gasteiger partial charge in [0.05, 0.1) is 0 Å². The van der Waals surface area contributed by atoms with Crippen LogP contribution >= 0.6 is 11.3 Å². The van der Waals surface area contributed by atoms with Gasteiger partial charge in [-0.2, -0.15) is 0 Å². The fourth-order valence-electron chi connectivity index (χ4n) is 1.77. The van der Waals surface area contributed by atoms with Gasteiger partial charge in [0.15, 0.2) is 0 Å². The van der Waals surface area contributed by atoms with Crippen LogP contribution in [-0.2, 0) is 6.61 Å². The Morgan fingerprint density at radius 3 is 2.71 bits per heavy atom. The third-order valence-corrected chi connectivity index (χ3v) is 3.55. The van der Waals surface area contributed by atoms with Crippen molar-refractivity contribution < 1.29 is 4.74 Å². The summed E-state index contributed by atoms with van der Waals surface area (Å²) in [6.45, 7) is 0.623. The molecule has 0 N–H and O–H groups in total. The van der Waals surface area contributed by atoms with Crippen molar-refractivity contribution in [1.82, 2.24) is 0 Å². The third kappa shape index (κ3) is 2.32. The van der Waals surface area contributed by atoms with Gasteiger partial charge in [0.2, 0.25) is 0 Å². The zero-order valence-corrected chi connectivity index (χ0v) is 10.1. The lowest BCUT2D eigenvalue weighted by atomic mass is 10.2. The molecule has 0 aliphatic heterocycles. The molecule has 17 heavy (non-hydrogen) atoms. The summed E-state index contributed by atoms with van der Waals surface area (Å²) in [6, 6.07) is 18.5.